The van der Waals surface area contributed by atoms with E-state index in [1.165, 1.54) is 24.3 Å². The number of benzene rings is 1. The van der Waals surface area contributed by atoms with E-state index in [0.717, 1.165) is 4.57 Å². The predicted octanol–water partition coefficient (Wildman–Crippen LogP) is 0.830. The zero-order valence-corrected chi connectivity index (χ0v) is 18.7. The number of anilines is 1. The van der Waals surface area contributed by atoms with Gasteiger partial charge in [0, 0.05) is 10.2 Å². The SMILES string of the molecule is C.Cc1ccc(NS(=O)(=O)c2ccc(Br)cc2)c(=O)n1CC(=O)NCCON=C(N)N.[3H]F. The number of nitrogens with one attached hydrogen (secondary N) is 2. The van der Waals surface area contributed by atoms with Crippen LogP contribution in [-0.4, -0.2) is 39.5 Å². The van der Waals surface area contributed by atoms with Crippen molar-refractivity contribution in [3.8, 4) is 0 Å². The summed E-state index contributed by atoms with van der Waals surface area (Å²) in [5.41, 5.74) is 9.86. The second-order valence-corrected chi connectivity index (χ2v) is 8.64. The number of carbonyl (C=O) groups excluding carboxylic acids is 1. The Morgan fingerprint density at radius 3 is 2.47 bits per heavy atom. The zero-order valence-electron chi connectivity index (χ0n) is 17.3. The van der Waals surface area contributed by atoms with E-state index in [4.69, 9.17) is 21.0 Å². The van der Waals surface area contributed by atoms with Gasteiger partial charge in [-0.25, -0.2) is 8.42 Å². The number of hydrogen-bond donors (Lipinski definition) is 4. The summed E-state index contributed by atoms with van der Waals surface area (Å²) in [5.74, 6) is -0.715. The number of carbonyl (C=O) groups is 1. The standard InChI is InChI=1S/C17H21BrN6O5S.CH4.FH/c1-11-2-7-14(23-30(27,28)13-5-3-12(18)4-6-13)16(26)24(11)10-15(25)21-8-9-29-22-17(19)20;;/h2-7,23H,8-10H2,1H3,(H,21,25)(H4,19,20,22);1H4;1H/i/hT. The summed E-state index contributed by atoms with van der Waals surface area (Å²) in [7, 11) is -3.97. The normalized spacial score (nSPS) is 10.4. The highest BCUT2D eigenvalue weighted by molar-refractivity contribution is 9.10. The molecule has 0 saturated carbocycles. The summed E-state index contributed by atoms with van der Waals surface area (Å²) in [6, 6.07) is 8.84. The Hall–Kier alpha value is -3.13. The second kappa shape index (κ2) is 12.7. The van der Waals surface area contributed by atoms with Crippen molar-refractivity contribution >= 4 is 43.5 Å². The number of rotatable bonds is 9. The Bertz CT molecular complexity index is 1110. The number of pyridine rings is 1. The highest BCUT2D eigenvalue weighted by Crippen LogP contribution is 2.17. The average molecular weight is 539 g/mol. The molecule has 1 aromatic carbocycles. The van der Waals surface area contributed by atoms with Gasteiger partial charge in [-0.05, 0) is 48.5 Å². The molecule has 0 aliphatic carbocycles. The van der Waals surface area contributed by atoms with E-state index in [-0.39, 0.29) is 43.7 Å². The first-order valence-electron chi connectivity index (χ1n) is 8.94. The van der Waals surface area contributed by atoms with Gasteiger partial charge in [0.15, 0.2) is 0 Å². The lowest BCUT2D eigenvalue weighted by atomic mass is 10.3. The van der Waals surface area contributed by atoms with Crippen molar-refractivity contribution < 1.29 is 22.8 Å². The number of amides is 1. The molecule has 2 rings (SSSR count). The van der Waals surface area contributed by atoms with Crippen LogP contribution in [0.5, 0.6) is 0 Å². The van der Waals surface area contributed by atoms with E-state index in [2.05, 4.69) is 32.6 Å². The first-order valence-corrected chi connectivity index (χ1v) is 10.8. The van der Waals surface area contributed by atoms with Crippen LogP contribution in [0.25, 0.3) is 0 Å². The van der Waals surface area contributed by atoms with Crippen LogP contribution < -0.4 is 27.1 Å². The van der Waals surface area contributed by atoms with Gasteiger partial charge < -0.3 is 26.2 Å². The molecular formula is C18H26BrFN6O5S. The maximum atomic E-state index is 12.7. The van der Waals surface area contributed by atoms with E-state index >= 15 is 0 Å². The number of hydrogen-bond acceptors (Lipinski definition) is 6. The largest absolute Gasteiger partial charge is 0.391 e. The Morgan fingerprint density at radius 2 is 1.88 bits per heavy atom. The number of aromatic nitrogens is 1. The third kappa shape index (κ3) is 8.19. The minimum atomic E-state index is -3.97. The molecule has 0 bridgehead atoms. The van der Waals surface area contributed by atoms with E-state index in [1.807, 2.05) is 0 Å². The maximum absolute atomic E-state index is 12.7. The van der Waals surface area contributed by atoms with E-state index < -0.39 is 21.5 Å². The Morgan fingerprint density at radius 1 is 1.25 bits per heavy atom. The molecular weight excluding hydrogens is 511 g/mol. The molecule has 1 amide bonds. The van der Waals surface area contributed by atoms with Gasteiger partial charge in [0.2, 0.25) is 11.9 Å². The van der Waals surface area contributed by atoms with Crippen LogP contribution in [0.4, 0.5) is 10.4 Å². The van der Waals surface area contributed by atoms with Gasteiger partial charge in [-0.2, -0.15) is 0 Å². The molecule has 0 unspecified atom stereocenters. The first kappa shape index (κ1) is 26.9. The van der Waals surface area contributed by atoms with Crippen molar-refractivity contribution in [3.63, 3.8) is 0 Å². The molecule has 14 heteroatoms. The fraction of sp³-hybridized carbons (Fsp3) is 0.278. The average Bonchev–Trinajstić information content (AvgIpc) is 2.74. The molecule has 0 fully saturated rings. The Kier molecular flexibility index (Phi) is 10.6. The summed E-state index contributed by atoms with van der Waals surface area (Å²) < 4.78 is 42.2. The lowest BCUT2D eigenvalue weighted by Gasteiger charge is -2.13. The van der Waals surface area contributed by atoms with Crippen LogP contribution >= 0.6 is 15.9 Å². The molecule has 1 heterocycles. The summed E-state index contributed by atoms with van der Waals surface area (Å²) in [6.07, 6.45) is 0. The third-order valence-electron chi connectivity index (χ3n) is 3.75. The Balaban J connectivity index is 0.00000332. The monoisotopic (exact) mass is 538 g/mol. The quantitative estimate of drug-likeness (QED) is 0.158. The highest BCUT2D eigenvalue weighted by atomic mass is 79.9. The van der Waals surface area contributed by atoms with Crippen LogP contribution in [0.1, 0.15) is 13.1 Å². The molecule has 1 aromatic heterocycles. The summed E-state index contributed by atoms with van der Waals surface area (Å²) in [6.45, 7) is 1.47. The minimum absolute atomic E-state index is 0. The topological polar surface area (TPSA) is 171 Å². The van der Waals surface area contributed by atoms with Gasteiger partial charge in [-0.3, -0.25) is 19.0 Å². The molecule has 178 valence electrons. The second-order valence-electron chi connectivity index (χ2n) is 6.04. The molecule has 2 aromatic rings. The molecule has 0 atom stereocenters. The smallest absolute Gasteiger partial charge is 0.275 e. The van der Waals surface area contributed by atoms with Gasteiger partial charge in [0.25, 0.3) is 17.0 Å². The van der Waals surface area contributed by atoms with Crippen LogP contribution in [-0.2, 0) is 26.2 Å². The summed E-state index contributed by atoms with van der Waals surface area (Å²) >= 11 is 3.23. The van der Waals surface area contributed by atoms with Gasteiger partial charge in [-0.15, -0.1) is 0 Å². The molecule has 0 saturated heterocycles. The number of oxime groups is 1. The van der Waals surface area contributed by atoms with Crippen LogP contribution in [0.2, 0.25) is 0 Å². The highest BCUT2D eigenvalue weighted by Gasteiger charge is 2.18. The van der Waals surface area contributed by atoms with Gasteiger partial charge in [0.1, 0.15) is 18.8 Å². The predicted molar refractivity (Wildman–Crippen MR) is 124 cm³/mol. The Labute approximate surface area is 194 Å². The number of guanidine groups is 1. The van der Waals surface area contributed by atoms with Crippen molar-refractivity contribution in [3.05, 3.63) is 56.9 Å². The van der Waals surface area contributed by atoms with Crippen molar-refractivity contribution in [2.24, 2.45) is 16.6 Å². The fourth-order valence-electron chi connectivity index (χ4n) is 2.32. The number of sulfonamides is 1. The molecule has 0 radical (unpaired) electrons. The van der Waals surface area contributed by atoms with Gasteiger partial charge in [0.05, 0.1) is 11.4 Å². The van der Waals surface area contributed by atoms with Crippen LogP contribution in [0, 0.1) is 6.92 Å². The number of nitrogens with zero attached hydrogens (tertiary/aromatic N) is 2. The van der Waals surface area contributed by atoms with E-state index in [0.29, 0.717) is 10.2 Å². The van der Waals surface area contributed by atoms with Gasteiger partial charge >= 0.3 is 0 Å². The molecule has 0 aliphatic heterocycles. The molecule has 0 spiro atoms. The number of nitrogens with two attached hydrogens (primary N) is 2. The zero-order chi connectivity index (χ0) is 24.3. The number of halogens is 2. The lowest BCUT2D eigenvalue weighted by molar-refractivity contribution is -0.122. The summed E-state index contributed by atoms with van der Waals surface area (Å²) in [5, 5.41) is 5.85. The van der Waals surface area contributed by atoms with E-state index in [9.17, 15) is 18.0 Å². The number of aryl methyl sites for hydroxylation is 1. The first-order chi connectivity index (χ1) is 15.1. The van der Waals surface area contributed by atoms with E-state index in [1.54, 1.807) is 19.1 Å². The maximum Gasteiger partial charge on any atom is 0.275 e. The fourth-order valence-corrected chi connectivity index (χ4v) is 3.64. The van der Waals surface area contributed by atoms with Crippen molar-refractivity contribution in [2.45, 2.75) is 25.8 Å². The molecule has 6 N–H and O–H groups in total. The minimum Gasteiger partial charge on any atom is -0.391 e. The van der Waals surface area contributed by atoms with Crippen LogP contribution in [0.15, 0.2) is 55.7 Å². The van der Waals surface area contributed by atoms with Crippen molar-refractivity contribution in [1.29, 1.82) is 1.45 Å². The molecule has 32 heavy (non-hydrogen) atoms. The molecule has 0 aliphatic rings. The lowest BCUT2D eigenvalue weighted by Crippen LogP contribution is -2.36. The third-order valence-corrected chi connectivity index (χ3v) is 5.66. The van der Waals surface area contributed by atoms with Gasteiger partial charge in [-0.1, -0.05) is 23.4 Å². The summed E-state index contributed by atoms with van der Waals surface area (Å²) in [4.78, 5) is 29.6. The van der Waals surface area contributed by atoms with Crippen molar-refractivity contribution in [2.75, 3.05) is 17.9 Å². The van der Waals surface area contributed by atoms with Crippen LogP contribution in [0.3, 0.4) is 0 Å². The van der Waals surface area contributed by atoms with Crippen molar-refractivity contribution in [1.82, 2.24) is 9.88 Å². The molecule has 11 nitrogen and oxygen atoms in total.